The molecular formula is C16H24N2O. The molecule has 1 aromatic carbocycles. The van der Waals surface area contributed by atoms with Crippen molar-refractivity contribution in [1.29, 1.82) is 0 Å². The van der Waals surface area contributed by atoms with Crippen LogP contribution in [0.2, 0.25) is 0 Å². The topological polar surface area (TPSA) is 46.3 Å². The summed E-state index contributed by atoms with van der Waals surface area (Å²) < 4.78 is 0. The van der Waals surface area contributed by atoms with Crippen LogP contribution in [-0.2, 0) is 0 Å². The van der Waals surface area contributed by atoms with Crippen molar-refractivity contribution in [3.8, 4) is 0 Å². The van der Waals surface area contributed by atoms with Gasteiger partial charge in [-0.2, -0.15) is 0 Å². The zero-order valence-corrected chi connectivity index (χ0v) is 12.4. The molecule has 1 aliphatic rings. The van der Waals surface area contributed by atoms with Crippen molar-refractivity contribution in [2.75, 3.05) is 13.1 Å². The largest absolute Gasteiger partial charge is 0.334 e. The van der Waals surface area contributed by atoms with Gasteiger partial charge in [-0.3, -0.25) is 4.79 Å². The predicted octanol–water partition coefficient (Wildman–Crippen LogP) is 2.42. The number of carbonyl (C=O) groups is 1. The summed E-state index contributed by atoms with van der Waals surface area (Å²) in [6, 6.07) is 4.35. The summed E-state index contributed by atoms with van der Waals surface area (Å²) in [6.45, 7) is 9.66. The van der Waals surface area contributed by atoms with E-state index < -0.39 is 0 Å². The van der Waals surface area contributed by atoms with Crippen LogP contribution in [-0.4, -0.2) is 29.9 Å². The molecule has 3 heteroatoms. The van der Waals surface area contributed by atoms with Crippen molar-refractivity contribution in [1.82, 2.24) is 4.90 Å². The molecular weight excluding hydrogens is 236 g/mol. The molecule has 1 amide bonds. The zero-order chi connectivity index (χ0) is 14.2. The van der Waals surface area contributed by atoms with E-state index >= 15 is 0 Å². The third-order valence-electron chi connectivity index (χ3n) is 4.28. The maximum atomic E-state index is 12.8. The van der Waals surface area contributed by atoms with Gasteiger partial charge in [0.05, 0.1) is 0 Å². The third kappa shape index (κ3) is 2.52. The Morgan fingerprint density at radius 1 is 1.32 bits per heavy atom. The Bertz CT molecular complexity index is 473. The minimum atomic E-state index is 0.148. The van der Waals surface area contributed by atoms with Crippen molar-refractivity contribution < 1.29 is 4.79 Å². The monoisotopic (exact) mass is 260 g/mol. The first kappa shape index (κ1) is 14.1. The molecule has 0 radical (unpaired) electrons. The van der Waals surface area contributed by atoms with Crippen LogP contribution in [0.3, 0.4) is 0 Å². The lowest BCUT2D eigenvalue weighted by Crippen LogP contribution is -2.42. The molecule has 1 saturated heterocycles. The highest BCUT2D eigenvalue weighted by atomic mass is 16.2. The summed E-state index contributed by atoms with van der Waals surface area (Å²) in [5.41, 5.74) is 10.0. The molecule has 2 unspecified atom stereocenters. The van der Waals surface area contributed by atoms with E-state index in [-0.39, 0.29) is 11.9 Å². The third-order valence-corrected chi connectivity index (χ3v) is 4.28. The van der Waals surface area contributed by atoms with Crippen molar-refractivity contribution in [3.63, 3.8) is 0 Å². The van der Waals surface area contributed by atoms with E-state index in [9.17, 15) is 4.79 Å². The lowest BCUT2D eigenvalue weighted by atomic mass is 9.98. The second-order valence-corrected chi connectivity index (χ2v) is 5.84. The number of carbonyl (C=O) groups excluding carboxylic acids is 1. The van der Waals surface area contributed by atoms with Crippen LogP contribution < -0.4 is 5.73 Å². The quantitative estimate of drug-likeness (QED) is 0.887. The van der Waals surface area contributed by atoms with E-state index in [4.69, 9.17) is 5.73 Å². The number of amides is 1. The predicted molar refractivity (Wildman–Crippen MR) is 78.3 cm³/mol. The molecule has 0 saturated carbocycles. The van der Waals surface area contributed by atoms with Crippen LogP contribution >= 0.6 is 0 Å². The van der Waals surface area contributed by atoms with Gasteiger partial charge in [0.2, 0.25) is 0 Å². The van der Waals surface area contributed by atoms with Crippen LogP contribution in [0, 0.1) is 26.7 Å². The molecule has 0 aliphatic carbocycles. The fraction of sp³-hybridized carbons (Fsp3) is 0.562. The number of hydrogen-bond donors (Lipinski definition) is 1. The van der Waals surface area contributed by atoms with Gasteiger partial charge in [0.15, 0.2) is 0 Å². The van der Waals surface area contributed by atoms with Gasteiger partial charge in [0, 0.05) is 24.7 Å². The van der Waals surface area contributed by atoms with Gasteiger partial charge >= 0.3 is 0 Å². The highest BCUT2D eigenvalue weighted by Gasteiger charge is 2.34. The number of benzene rings is 1. The molecule has 3 nitrogen and oxygen atoms in total. The van der Waals surface area contributed by atoms with Gasteiger partial charge < -0.3 is 10.6 Å². The smallest absolute Gasteiger partial charge is 0.254 e. The summed E-state index contributed by atoms with van der Waals surface area (Å²) in [5.74, 6) is 0.648. The normalized spacial score (nSPS) is 22.9. The van der Waals surface area contributed by atoms with Gasteiger partial charge in [-0.15, -0.1) is 0 Å². The van der Waals surface area contributed by atoms with Gasteiger partial charge in [-0.25, -0.2) is 0 Å². The van der Waals surface area contributed by atoms with E-state index in [0.29, 0.717) is 12.5 Å². The van der Waals surface area contributed by atoms with Gasteiger partial charge in [0.25, 0.3) is 5.91 Å². The Balaban J connectivity index is 2.35. The molecule has 1 heterocycles. The van der Waals surface area contributed by atoms with Crippen LogP contribution in [0.5, 0.6) is 0 Å². The second kappa shape index (κ2) is 5.33. The Morgan fingerprint density at radius 2 is 1.89 bits per heavy atom. The number of aryl methyl sites for hydroxylation is 3. The Morgan fingerprint density at radius 3 is 2.42 bits per heavy atom. The fourth-order valence-electron chi connectivity index (χ4n) is 3.28. The van der Waals surface area contributed by atoms with Crippen molar-refractivity contribution in [3.05, 3.63) is 34.4 Å². The first-order valence-corrected chi connectivity index (χ1v) is 7.04. The van der Waals surface area contributed by atoms with Gasteiger partial charge in [-0.05, 0) is 44.2 Å². The minimum absolute atomic E-state index is 0.148. The molecule has 1 aromatic rings. The van der Waals surface area contributed by atoms with Gasteiger partial charge in [0.1, 0.15) is 0 Å². The van der Waals surface area contributed by atoms with E-state index in [1.165, 1.54) is 5.56 Å². The van der Waals surface area contributed by atoms with E-state index in [1.54, 1.807) is 0 Å². The molecule has 2 N–H and O–H groups in total. The average molecular weight is 260 g/mol. The lowest BCUT2D eigenvalue weighted by Gasteiger charge is -2.27. The number of rotatable bonds is 2. The maximum absolute atomic E-state index is 12.8. The maximum Gasteiger partial charge on any atom is 0.254 e. The number of hydrogen-bond acceptors (Lipinski definition) is 2. The first-order chi connectivity index (χ1) is 8.95. The standard InChI is InChI=1S/C16H24N2O/c1-10-7-12(3)15(13(4)8-10)16(19)18-6-5-11(2)14(18)9-17/h7-8,11,14H,5-6,9,17H2,1-4H3. The van der Waals surface area contributed by atoms with Crippen molar-refractivity contribution in [2.24, 2.45) is 11.7 Å². The SMILES string of the molecule is Cc1cc(C)c(C(=O)N2CCC(C)C2CN)c(C)c1. The molecule has 0 spiro atoms. The Labute approximate surface area is 115 Å². The lowest BCUT2D eigenvalue weighted by molar-refractivity contribution is 0.0726. The molecule has 0 bridgehead atoms. The second-order valence-electron chi connectivity index (χ2n) is 5.84. The zero-order valence-electron chi connectivity index (χ0n) is 12.4. The van der Waals surface area contributed by atoms with Crippen LogP contribution in [0.4, 0.5) is 0 Å². The molecule has 1 fully saturated rings. The number of nitrogens with two attached hydrogens (primary N) is 1. The van der Waals surface area contributed by atoms with Crippen molar-refractivity contribution >= 4 is 5.91 Å². The summed E-state index contributed by atoms with van der Waals surface area (Å²) in [5, 5.41) is 0. The summed E-state index contributed by atoms with van der Waals surface area (Å²) in [4.78, 5) is 14.8. The van der Waals surface area contributed by atoms with Crippen LogP contribution in [0.15, 0.2) is 12.1 Å². The van der Waals surface area contributed by atoms with E-state index in [2.05, 4.69) is 26.0 Å². The van der Waals surface area contributed by atoms with Crippen molar-refractivity contribution in [2.45, 2.75) is 40.2 Å². The number of likely N-dealkylation sites (tertiary alicyclic amines) is 1. The Hall–Kier alpha value is -1.35. The van der Waals surface area contributed by atoms with E-state index in [1.807, 2.05) is 18.7 Å². The summed E-state index contributed by atoms with van der Waals surface area (Å²) in [7, 11) is 0. The number of nitrogens with zero attached hydrogens (tertiary/aromatic N) is 1. The highest BCUT2D eigenvalue weighted by Crippen LogP contribution is 2.27. The Kier molecular flexibility index (Phi) is 3.95. The molecule has 2 rings (SSSR count). The highest BCUT2D eigenvalue weighted by molar-refractivity contribution is 5.97. The van der Waals surface area contributed by atoms with Gasteiger partial charge in [-0.1, -0.05) is 24.6 Å². The molecule has 2 atom stereocenters. The van der Waals surface area contributed by atoms with Crippen LogP contribution in [0.1, 0.15) is 40.4 Å². The fourth-order valence-corrected chi connectivity index (χ4v) is 3.28. The van der Waals surface area contributed by atoms with Crippen LogP contribution in [0.25, 0.3) is 0 Å². The molecule has 19 heavy (non-hydrogen) atoms. The summed E-state index contributed by atoms with van der Waals surface area (Å²) in [6.07, 6.45) is 1.05. The molecule has 0 aromatic heterocycles. The average Bonchev–Trinajstić information content (AvgIpc) is 2.68. The minimum Gasteiger partial charge on any atom is -0.334 e. The molecule has 1 aliphatic heterocycles. The van der Waals surface area contributed by atoms with E-state index in [0.717, 1.165) is 29.7 Å². The first-order valence-electron chi connectivity index (χ1n) is 7.04. The molecule has 104 valence electrons. The summed E-state index contributed by atoms with van der Waals surface area (Å²) >= 11 is 0.